The van der Waals surface area contributed by atoms with E-state index in [9.17, 15) is 4.39 Å². The number of anilines is 1. The molecule has 0 radical (unpaired) electrons. The van der Waals surface area contributed by atoms with Crippen molar-refractivity contribution in [2.45, 2.75) is 6.54 Å². The zero-order chi connectivity index (χ0) is 14.8. The van der Waals surface area contributed by atoms with Gasteiger partial charge in [0.15, 0.2) is 0 Å². The van der Waals surface area contributed by atoms with Crippen molar-refractivity contribution < 1.29 is 4.39 Å². The second-order valence-corrected chi connectivity index (χ2v) is 5.13. The summed E-state index contributed by atoms with van der Waals surface area (Å²) in [4.78, 5) is 4.28. The summed E-state index contributed by atoms with van der Waals surface area (Å²) in [7, 11) is 0. The lowest BCUT2D eigenvalue weighted by atomic mass is 10.1. The maximum absolute atomic E-state index is 13.5. The van der Waals surface area contributed by atoms with Crippen molar-refractivity contribution in [3.8, 4) is 11.3 Å². The largest absolute Gasteiger partial charge is 0.383 e. The van der Waals surface area contributed by atoms with Crippen molar-refractivity contribution in [1.29, 1.82) is 0 Å². The minimum absolute atomic E-state index is 0.0843. The number of nitrogen functional groups attached to an aromatic ring is 1. The van der Waals surface area contributed by atoms with E-state index < -0.39 is 5.82 Å². The van der Waals surface area contributed by atoms with Gasteiger partial charge in [-0.1, -0.05) is 48.0 Å². The Hall–Kier alpha value is -2.33. The van der Waals surface area contributed by atoms with Gasteiger partial charge in [0.25, 0.3) is 0 Å². The van der Waals surface area contributed by atoms with Crippen LogP contribution in [0.15, 0.2) is 54.9 Å². The predicted molar refractivity (Wildman–Crippen MR) is 82.6 cm³/mol. The number of nitrogens with two attached hydrogens (primary N) is 1. The maximum Gasteiger partial charge on any atom is 0.142 e. The summed E-state index contributed by atoms with van der Waals surface area (Å²) in [5, 5.41) is 0.0843. The zero-order valence-electron chi connectivity index (χ0n) is 11.1. The van der Waals surface area contributed by atoms with E-state index in [4.69, 9.17) is 17.3 Å². The minimum atomic E-state index is -0.480. The van der Waals surface area contributed by atoms with Crippen LogP contribution in [-0.2, 0) is 6.54 Å². The normalized spacial score (nSPS) is 10.8. The Morgan fingerprint density at radius 3 is 2.62 bits per heavy atom. The van der Waals surface area contributed by atoms with E-state index in [-0.39, 0.29) is 5.02 Å². The first-order valence-corrected chi connectivity index (χ1v) is 6.83. The molecule has 0 aliphatic heterocycles. The first-order valence-electron chi connectivity index (χ1n) is 6.45. The van der Waals surface area contributed by atoms with Crippen LogP contribution in [-0.4, -0.2) is 9.55 Å². The van der Waals surface area contributed by atoms with Crippen LogP contribution < -0.4 is 5.73 Å². The molecule has 0 saturated carbocycles. The molecule has 0 bridgehead atoms. The Morgan fingerprint density at radius 2 is 1.90 bits per heavy atom. The molecule has 0 amide bonds. The fourth-order valence-electron chi connectivity index (χ4n) is 2.16. The number of imidazole rings is 1. The van der Waals surface area contributed by atoms with Gasteiger partial charge in [-0.2, -0.15) is 0 Å². The highest BCUT2D eigenvalue weighted by molar-refractivity contribution is 6.30. The van der Waals surface area contributed by atoms with E-state index in [0.29, 0.717) is 23.6 Å². The third-order valence-electron chi connectivity index (χ3n) is 3.27. The predicted octanol–water partition coefficient (Wildman–Crippen LogP) is 3.97. The zero-order valence-corrected chi connectivity index (χ0v) is 11.9. The second-order valence-electron chi connectivity index (χ2n) is 4.72. The van der Waals surface area contributed by atoms with Gasteiger partial charge in [0, 0.05) is 5.56 Å². The lowest BCUT2D eigenvalue weighted by Gasteiger charge is -2.06. The molecule has 0 fully saturated rings. The van der Waals surface area contributed by atoms with Crippen molar-refractivity contribution in [3.63, 3.8) is 0 Å². The van der Waals surface area contributed by atoms with Crippen LogP contribution in [0.1, 0.15) is 5.56 Å². The average molecular weight is 302 g/mol. The SMILES string of the molecule is Nc1c(-c2ccc(Cl)c(F)c2)ncn1Cc1ccccc1. The Bertz CT molecular complexity index is 768. The highest BCUT2D eigenvalue weighted by Gasteiger charge is 2.12. The third-order valence-corrected chi connectivity index (χ3v) is 3.57. The summed E-state index contributed by atoms with van der Waals surface area (Å²) in [6.07, 6.45) is 1.66. The maximum atomic E-state index is 13.5. The van der Waals surface area contributed by atoms with Crippen LogP contribution >= 0.6 is 11.6 Å². The third kappa shape index (κ3) is 2.76. The summed E-state index contributed by atoms with van der Waals surface area (Å²) in [6.45, 7) is 0.621. The van der Waals surface area contributed by atoms with Crippen LogP contribution in [0.25, 0.3) is 11.3 Å². The van der Waals surface area contributed by atoms with Gasteiger partial charge in [-0.15, -0.1) is 0 Å². The molecule has 0 saturated heterocycles. The molecular weight excluding hydrogens is 289 g/mol. The van der Waals surface area contributed by atoms with Gasteiger partial charge in [-0.25, -0.2) is 9.37 Å². The molecule has 2 aromatic carbocycles. The van der Waals surface area contributed by atoms with E-state index in [1.165, 1.54) is 12.1 Å². The van der Waals surface area contributed by atoms with Gasteiger partial charge < -0.3 is 10.3 Å². The van der Waals surface area contributed by atoms with Crippen LogP contribution in [0.5, 0.6) is 0 Å². The number of benzene rings is 2. The van der Waals surface area contributed by atoms with Gasteiger partial charge in [-0.3, -0.25) is 0 Å². The number of hydrogen-bond acceptors (Lipinski definition) is 2. The molecule has 1 aromatic heterocycles. The molecule has 5 heteroatoms. The number of rotatable bonds is 3. The molecule has 0 spiro atoms. The molecule has 0 aliphatic rings. The molecule has 3 rings (SSSR count). The van der Waals surface area contributed by atoms with Crippen molar-refractivity contribution >= 4 is 17.4 Å². The first kappa shape index (κ1) is 13.6. The Kier molecular flexibility index (Phi) is 3.62. The molecule has 0 unspecified atom stereocenters. The van der Waals surface area contributed by atoms with Gasteiger partial charge in [0.1, 0.15) is 17.3 Å². The van der Waals surface area contributed by atoms with Crippen molar-refractivity contribution in [3.05, 3.63) is 71.3 Å². The second kappa shape index (κ2) is 5.58. The van der Waals surface area contributed by atoms with Crippen LogP contribution in [0.3, 0.4) is 0 Å². The fourth-order valence-corrected chi connectivity index (χ4v) is 2.28. The van der Waals surface area contributed by atoms with Gasteiger partial charge in [0.2, 0.25) is 0 Å². The topological polar surface area (TPSA) is 43.8 Å². The molecule has 2 N–H and O–H groups in total. The first-order chi connectivity index (χ1) is 10.1. The molecule has 106 valence electrons. The van der Waals surface area contributed by atoms with E-state index in [2.05, 4.69) is 4.98 Å². The van der Waals surface area contributed by atoms with Gasteiger partial charge >= 0.3 is 0 Å². The Balaban J connectivity index is 1.93. The van der Waals surface area contributed by atoms with Crippen molar-refractivity contribution in [1.82, 2.24) is 9.55 Å². The number of nitrogens with zero attached hydrogens (tertiary/aromatic N) is 2. The van der Waals surface area contributed by atoms with Crippen LogP contribution in [0.4, 0.5) is 10.2 Å². The molecule has 1 heterocycles. The van der Waals surface area contributed by atoms with E-state index in [1.807, 2.05) is 34.9 Å². The highest BCUT2D eigenvalue weighted by Crippen LogP contribution is 2.27. The van der Waals surface area contributed by atoms with Gasteiger partial charge in [0.05, 0.1) is 17.9 Å². The van der Waals surface area contributed by atoms with E-state index in [1.54, 1.807) is 12.4 Å². The van der Waals surface area contributed by atoms with Gasteiger partial charge in [-0.05, 0) is 17.7 Å². The minimum Gasteiger partial charge on any atom is -0.383 e. The molecule has 3 aromatic rings. The monoisotopic (exact) mass is 301 g/mol. The van der Waals surface area contributed by atoms with Crippen LogP contribution in [0.2, 0.25) is 5.02 Å². The number of halogens is 2. The lowest BCUT2D eigenvalue weighted by molar-refractivity contribution is 0.628. The molecule has 0 atom stereocenters. The lowest BCUT2D eigenvalue weighted by Crippen LogP contribution is -2.03. The van der Waals surface area contributed by atoms with E-state index in [0.717, 1.165) is 5.56 Å². The molecule has 3 nitrogen and oxygen atoms in total. The smallest absolute Gasteiger partial charge is 0.142 e. The number of hydrogen-bond donors (Lipinski definition) is 1. The molecular formula is C16H13ClFN3. The number of aromatic nitrogens is 2. The highest BCUT2D eigenvalue weighted by atomic mass is 35.5. The van der Waals surface area contributed by atoms with Crippen LogP contribution in [0, 0.1) is 5.82 Å². The van der Waals surface area contributed by atoms with Crippen molar-refractivity contribution in [2.24, 2.45) is 0 Å². The standard InChI is InChI=1S/C16H13ClFN3/c17-13-7-6-12(8-14(13)18)15-16(19)21(10-20-15)9-11-4-2-1-3-5-11/h1-8,10H,9,19H2. The summed E-state index contributed by atoms with van der Waals surface area (Å²) in [5.74, 6) is 0.0201. The summed E-state index contributed by atoms with van der Waals surface area (Å²) < 4.78 is 15.4. The Morgan fingerprint density at radius 1 is 1.14 bits per heavy atom. The fraction of sp³-hybridized carbons (Fsp3) is 0.0625. The van der Waals surface area contributed by atoms with E-state index >= 15 is 0 Å². The molecule has 0 aliphatic carbocycles. The summed E-state index contributed by atoms with van der Waals surface area (Å²) in [6, 6.07) is 14.5. The Labute approximate surface area is 126 Å². The van der Waals surface area contributed by atoms with Crippen molar-refractivity contribution in [2.75, 3.05) is 5.73 Å². The summed E-state index contributed by atoms with van der Waals surface area (Å²) >= 11 is 5.69. The quantitative estimate of drug-likeness (QED) is 0.795. The summed E-state index contributed by atoms with van der Waals surface area (Å²) in [5.41, 5.74) is 8.41. The molecule has 21 heavy (non-hydrogen) atoms. The average Bonchev–Trinajstić information content (AvgIpc) is 2.84.